The topological polar surface area (TPSA) is 78.4 Å². The van der Waals surface area contributed by atoms with Crippen molar-refractivity contribution in [3.8, 4) is 0 Å². The second-order valence-electron chi connectivity index (χ2n) is 3.87. The lowest BCUT2D eigenvalue weighted by molar-refractivity contribution is -0.142. The normalized spacial score (nSPS) is 21.7. The standard InChI is InChI=1S/C10H18N2O3S/c1-16-5-3-8(10(14)15)12-9(13)7-2-4-11-6-7/h7-8,11H,2-6H2,1H3,(H,12,13)(H,14,15)/t7?,8-/m1/s1. The highest BCUT2D eigenvalue weighted by molar-refractivity contribution is 7.98. The number of hydrogen-bond donors (Lipinski definition) is 3. The third-order valence-corrected chi connectivity index (χ3v) is 3.30. The summed E-state index contributed by atoms with van der Waals surface area (Å²) in [6.45, 7) is 1.49. The lowest BCUT2D eigenvalue weighted by Crippen LogP contribution is -2.44. The number of carboxylic acids is 1. The molecule has 16 heavy (non-hydrogen) atoms. The molecule has 6 heteroatoms. The first kappa shape index (κ1) is 13.3. The Morgan fingerprint density at radius 3 is 2.88 bits per heavy atom. The summed E-state index contributed by atoms with van der Waals surface area (Å²) in [5.41, 5.74) is 0. The number of amides is 1. The molecule has 0 saturated carbocycles. The number of nitrogens with one attached hydrogen (secondary N) is 2. The Labute approximate surface area is 99.4 Å². The van der Waals surface area contributed by atoms with E-state index in [-0.39, 0.29) is 11.8 Å². The minimum atomic E-state index is -0.951. The van der Waals surface area contributed by atoms with Crippen molar-refractivity contribution in [1.82, 2.24) is 10.6 Å². The van der Waals surface area contributed by atoms with Crippen molar-refractivity contribution in [2.75, 3.05) is 25.1 Å². The predicted octanol–water partition coefficient (Wildman–Crippen LogP) is -0.0816. The molecule has 92 valence electrons. The zero-order valence-corrected chi connectivity index (χ0v) is 10.2. The van der Waals surface area contributed by atoms with Crippen LogP contribution in [0.2, 0.25) is 0 Å². The van der Waals surface area contributed by atoms with Crippen LogP contribution in [0.1, 0.15) is 12.8 Å². The fourth-order valence-electron chi connectivity index (χ4n) is 1.66. The molecule has 1 unspecified atom stereocenters. The van der Waals surface area contributed by atoms with Crippen molar-refractivity contribution < 1.29 is 14.7 Å². The second kappa shape index (κ2) is 6.75. The molecule has 0 aromatic carbocycles. The number of aliphatic carboxylic acids is 1. The van der Waals surface area contributed by atoms with Gasteiger partial charge in [-0.3, -0.25) is 4.79 Å². The highest BCUT2D eigenvalue weighted by atomic mass is 32.2. The van der Waals surface area contributed by atoms with Crippen LogP contribution < -0.4 is 10.6 Å². The minimum Gasteiger partial charge on any atom is -0.480 e. The molecule has 2 atom stereocenters. The van der Waals surface area contributed by atoms with Crippen molar-refractivity contribution in [2.24, 2.45) is 5.92 Å². The molecule has 0 aromatic heterocycles. The summed E-state index contributed by atoms with van der Waals surface area (Å²) in [5, 5.41) is 14.6. The van der Waals surface area contributed by atoms with E-state index in [1.165, 1.54) is 0 Å². The third kappa shape index (κ3) is 4.02. The minimum absolute atomic E-state index is 0.0730. The van der Waals surface area contributed by atoms with E-state index < -0.39 is 12.0 Å². The molecule has 0 spiro atoms. The molecule has 1 fully saturated rings. The van der Waals surface area contributed by atoms with E-state index in [9.17, 15) is 9.59 Å². The molecule has 1 aliphatic heterocycles. The van der Waals surface area contributed by atoms with Gasteiger partial charge in [-0.05, 0) is 31.4 Å². The Morgan fingerprint density at radius 1 is 1.62 bits per heavy atom. The summed E-state index contributed by atoms with van der Waals surface area (Å²) in [4.78, 5) is 22.6. The predicted molar refractivity (Wildman–Crippen MR) is 63.5 cm³/mol. The highest BCUT2D eigenvalue weighted by Crippen LogP contribution is 2.09. The summed E-state index contributed by atoms with van der Waals surface area (Å²) in [6, 6.07) is -0.749. The van der Waals surface area contributed by atoms with E-state index in [1.807, 2.05) is 6.26 Å². The van der Waals surface area contributed by atoms with Crippen molar-refractivity contribution in [2.45, 2.75) is 18.9 Å². The van der Waals surface area contributed by atoms with Gasteiger partial charge in [0.15, 0.2) is 0 Å². The van der Waals surface area contributed by atoms with Gasteiger partial charge in [-0.25, -0.2) is 4.79 Å². The number of carbonyl (C=O) groups is 2. The van der Waals surface area contributed by atoms with Gasteiger partial charge in [0, 0.05) is 6.54 Å². The van der Waals surface area contributed by atoms with Gasteiger partial charge in [-0.2, -0.15) is 11.8 Å². The number of rotatable bonds is 6. The fraction of sp³-hybridized carbons (Fsp3) is 0.800. The molecule has 1 amide bonds. The molecule has 0 bridgehead atoms. The Morgan fingerprint density at radius 2 is 2.38 bits per heavy atom. The van der Waals surface area contributed by atoms with Gasteiger partial charge in [0.05, 0.1) is 5.92 Å². The summed E-state index contributed by atoms with van der Waals surface area (Å²) in [6.07, 6.45) is 3.19. The van der Waals surface area contributed by atoms with Gasteiger partial charge in [0.1, 0.15) is 6.04 Å². The SMILES string of the molecule is CSCC[C@@H](NC(=O)C1CCNC1)C(=O)O. The Hall–Kier alpha value is -0.750. The van der Waals surface area contributed by atoms with Gasteiger partial charge in [0.2, 0.25) is 5.91 Å². The maximum absolute atomic E-state index is 11.7. The molecule has 3 N–H and O–H groups in total. The van der Waals surface area contributed by atoms with Crippen molar-refractivity contribution in [3.05, 3.63) is 0 Å². The van der Waals surface area contributed by atoms with Crippen LogP contribution in [0.15, 0.2) is 0 Å². The first-order valence-electron chi connectivity index (χ1n) is 5.38. The zero-order chi connectivity index (χ0) is 12.0. The van der Waals surface area contributed by atoms with Crippen LogP contribution in [0.25, 0.3) is 0 Å². The lowest BCUT2D eigenvalue weighted by Gasteiger charge is -2.16. The molecule has 1 aliphatic rings. The van der Waals surface area contributed by atoms with E-state index in [2.05, 4.69) is 10.6 Å². The first-order valence-corrected chi connectivity index (χ1v) is 6.77. The quantitative estimate of drug-likeness (QED) is 0.611. The van der Waals surface area contributed by atoms with E-state index in [0.29, 0.717) is 13.0 Å². The van der Waals surface area contributed by atoms with E-state index >= 15 is 0 Å². The van der Waals surface area contributed by atoms with E-state index in [4.69, 9.17) is 5.11 Å². The van der Waals surface area contributed by atoms with Crippen LogP contribution in [-0.2, 0) is 9.59 Å². The molecule has 1 saturated heterocycles. The Kier molecular flexibility index (Phi) is 5.62. The van der Waals surface area contributed by atoms with Gasteiger partial charge >= 0.3 is 5.97 Å². The Balaban J connectivity index is 2.40. The summed E-state index contributed by atoms with van der Waals surface area (Å²) >= 11 is 1.58. The second-order valence-corrected chi connectivity index (χ2v) is 4.86. The molecule has 5 nitrogen and oxygen atoms in total. The van der Waals surface area contributed by atoms with E-state index in [1.54, 1.807) is 11.8 Å². The van der Waals surface area contributed by atoms with Crippen LogP contribution in [0.3, 0.4) is 0 Å². The summed E-state index contributed by atoms with van der Waals surface area (Å²) < 4.78 is 0. The average molecular weight is 246 g/mol. The lowest BCUT2D eigenvalue weighted by atomic mass is 10.1. The monoisotopic (exact) mass is 246 g/mol. The van der Waals surface area contributed by atoms with E-state index in [0.717, 1.165) is 18.7 Å². The van der Waals surface area contributed by atoms with Gasteiger partial charge in [-0.1, -0.05) is 0 Å². The summed E-state index contributed by atoms with van der Waals surface area (Å²) in [5.74, 6) is -0.428. The first-order chi connectivity index (χ1) is 7.65. The summed E-state index contributed by atoms with van der Waals surface area (Å²) in [7, 11) is 0. The number of carboxylic acid groups (broad SMARTS) is 1. The Bertz CT molecular complexity index is 254. The maximum Gasteiger partial charge on any atom is 0.326 e. The number of carbonyl (C=O) groups excluding carboxylic acids is 1. The molecule has 0 aromatic rings. The third-order valence-electron chi connectivity index (χ3n) is 2.66. The van der Waals surface area contributed by atoms with Crippen LogP contribution in [0.4, 0.5) is 0 Å². The van der Waals surface area contributed by atoms with Crippen LogP contribution >= 0.6 is 11.8 Å². The number of thioether (sulfide) groups is 1. The van der Waals surface area contributed by atoms with Crippen LogP contribution in [0, 0.1) is 5.92 Å². The molecule has 1 heterocycles. The van der Waals surface area contributed by atoms with Crippen LogP contribution in [0.5, 0.6) is 0 Å². The van der Waals surface area contributed by atoms with Crippen LogP contribution in [-0.4, -0.2) is 48.1 Å². The van der Waals surface area contributed by atoms with Crippen molar-refractivity contribution in [1.29, 1.82) is 0 Å². The fourth-order valence-corrected chi connectivity index (χ4v) is 2.13. The number of hydrogen-bond acceptors (Lipinski definition) is 4. The van der Waals surface area contributed by atoms with Crippen molar-refractivity contribution >= 4 is 23.6 Å². The molecule has 1 rings (SSSR count). The zero-order valence-electron chi connectivity index (χ0n) is 9.36. The van der Waals surface area contributed by atoms with Gasteiger partial charge in [0.25, 0.3) is 0 Å². The van der Waals surface area contributed by atoms with Gasteiger partial charge in [-0.15, -0.1) is 0 Å². The smallest absolute Gasteiger partial charge is 0.326 e. The van der Waals surface area contributed by atoms with Gasteiger partial charge < -0.3 is 15.7 Å². The molecular formula is C10H18N2O3S. The molecular weight excluding hydrogens is 228 g/mol. The average Bonchev–Trinajstić information content (AvgIpc) is 2.76. The largest absolute Gasteiger partial charge is 0.480 e. The molecule has 0 aliphatic carbocycles. The highest BCUT2D eigenvalue weighted by Gasteiger charge is 2.26. The maximum atomic E-state index is 11.7. The molecule has 0 radical (unpaired) electrons. The van der Waals surface area contributed by atoms with Crippen molar-refractivity contribution in [3.63, 3.8) is 0 Å².